The quantitative estimate of drug-likeness (QED) is 0.398. The molecule has 0 spiro atoms. The highest BCUT2D eigenvalue weighted by atomic mass is 32.2. The predicted octanol–water partition coefficient (Wildman–Crippen LogP) is 1.58. The maximum atomic E-state index is 14.2. The predicted molar refractivity (Wildman–Crippen MR) is 136 cm³/mol. The number of halogens is 1. The van der Waals surface area contributed by atoms with Crippen LogP contribution in [0.15, 0.2) is 36.8 Å². The van der Waals surface area contributed by atoms with Crippen molar-refractivity contribution in [1.82, 2.24) is 24.2 Å². The van der Waals surface area contributed by atoms with Crippen LogP contribution in [-0.2, 0) is 10.0 Å². The number of sulfonamides is 1. The van der Waals surface area contributed by atoms with E-state index in [0.29, 0.717) is 35.7 Å². The van der Waals surface area contributed by atoms with Crippen LogP contribution in [0.2, 0.25) is 0 Å². The Balaban J connectivity index is 1.66. The van der Waals surface area contributed by atoms with Gasteiger partial charge in [-0.05, 0) is 32.4 Å². The van der Waals surface area contributed by atoms with Crippen LogP contribution in [0, 0.1) is 11.3 Å². The number of carbonyl (C=O) groups excluding carboxylic acids is 1. The highest BCUT2D eigenvalue weighted by Crippen LogP contribution is 2.25. The van der Waals surface area contributed by atoms with E-state index in [2.05, 4.69) is 20.6 Å². The number of fused-ring (bicyclic) bond motifs is 1. The molecule has 3 aromatic rings. The van der Waals surface area contributed by atoms with Crippen molar-refractivity contribution in [1.29, 1.82) is 5.26 Å². The number of carbonyl (C=O) groups is 1. The Morgan fingerprint density at radius 3 is 2.76 bits per heavy atom. The second-order valence-electron chi connectivity index (χ2n) is 9.60. The Bertz CT molecular complexity index is 1480. The average molecular weight is 530 g/mol. The SMILES string of the molecule is CC(C)(O)C(F)CNC(=O)c1cnc(-n2ccc3cc(C#N)cnc32)cc1NC1CCN(S(C)(=O)=O)C1. The van der Waals surface area contributed by atoms with Gasteiger partial charge in [0.25, 0.3) is 5.91 Å². The van der Waals surface area contributed by atoms with Crippen molar-refractivity contribution in [3.8, 4) is 11.9 Å². The van der Waals surface area contributed by atoms with Crippen LogP contribution in [-0.4, -0.2) is 82.0 Å². The standard InChI is InChI=1S/C24H28FN7O4S/c1-24(2,34)20(25)13-29-23(33)18-12-27-21(32-7-4-16-8-15(10-26)11-28-22(16)32)9-19(18)30-17-5-6-31(14-17)37(3,35)36/h4,7-9,11-12,17,20,34H,5-6,13-14H2,1-3H3,(H,27,30)(H,29,33). The molecule has 0 radical (unpaired) electrons. The highest BCUT2D eigenvalue weighted by molar-refractivity contribution is 7.88. The Labute approximate surface area is 214 Å². The molecule has 0 aromatic carbocycles. The molecule has 0 bridgehead atoms. The zero-order valence-electron chi connectivity index (χ0n) is 20.6. The number of nitrogens with zero attached hydrogens (tertiary/aromatic N) is 5. The number of amides is 1. The monoisotopic (exact) mass is 529 g/mol. The maximum absolute atomic E-state index is 14.2. The van der Waals surface area contributed by atoms with Crippen LogP contribution >= 0.6 is 0 Å². The molecule has 1 aliphatic heterocycles. The average Bonchev–Trinajstić information content (AvgIpc) is 3.48. The molecule has 2 unspecified atom stereocenters. The van der Waals surface area contributed by atoms with Crippen molar-refractivity contribution < 1.29 is 22.7 Å². The first kappa shape index (κ1) is 26.5. The summed E-state index contributed by atoms with van der Waals surface area (Å²) < 4.78 is 41.2. The van der Waals surface area contributed by atoms with Crippen LogP contribution in [0.1, 0.15) is 36.2 Å². The van der Waals surface area contributed by atoms with E-state index in [1.807, 2.05) is 6.07 Å². The fourth-order valence-electron chi connectivity index (χ4n) is 4.04. The van der Waals surface area contributed by atoms with Crippen molar-refractivity contribution in [3.63, 3.8) is 0 Å². The molecule has 1 aliphatic rings. The lowest BCUT2D eigenvalue weighted by atomic mass is 10.0. The van der Waals surface area contributed by atoms with E-state index < -0.39 is 34.2 Å². The Morgan fingerprint density at radius 1 is 1.35 bits per heavy atom. The molecule has 0 aliphatic carbocycles. The molecule has 1 fully saturated rings. The maximum Gasteiger partial charge on any atom is 0.255 e. The molecule has 1 amide bonds. The normalized spacial score (nSPS) is 17.5. The van der Waals surface area contributed by atoms with E-state index >= 15 is 0 Å². The summed E-state index contributed by atoms with van der Waals surface area (Å²) in [6.07, 6.45) is 4.53. The molecule has 3 aromatic heterocycles. The van der Waals surface area contributed by atoms with Gasteiger partial charge in [0.1, 0.15) is 23.7 Å². The van der Waals surface area contributed by atoms with Crippen molar-refractivity contribution in [2.45, 2.75) is 38.1 Å². The molecule has 3 N–H and O–H groups in total. The summed E-state index contributed by atoms with van der Waals surface area (Å²) in [6.45, 7) is 2.81. The van der Waals surface area contributed by atoms with Gasteiger partial charge in [0.05, 0.1) is 35.2 Å². The minimum absolute atomic E-state index is 0.140. The number of nitrogens with one attached hydrogen (secondary N) is 2. The van der Waals surface area contributed by atoms with E-state index in [1.165, 1.54) is 30.5 Å². The summed E-state index contributed by atoms with van der Waals surface area (Å²) in [5.41, 5.74) is -0.119. The molecule has 4 rings (SSSR count). The number of aliphatic hydroxyl groups is 1. The molecule has 196 valence electrons. The largest absolute Gasteiger partial charge is 0.387 e. The molecular weight excluding hydrogens is 501 g/mol. The molecule has 1 saturated heterocycles. The highest BCUT2D eigenvalue weighted by Gasteiger charge is 2.30. The Morgan fingerprint density at radius 2 is 2.11 bits per heavy atom. The second kappa shape index (κ2) is 10.0. The summed E-state index contributed by atoms with van der Waals surface area (Å²) in [4.78, 5) is 21.7. The fraction of sp³-hybridized carbons (Fsp3) is 0.417. The van der Waals surface area contributed by atoms with E-state index in [0.717, 1.165) is 11.6 Å². The third-order valence-electron chi connectivity index (χ3n) is 6.22. The van der Waals surface area contributed by atoms with Crippen LogP contribution in [0.25, 0.3) is 16.9 Å². The lowest BCUT2D eigenvalue weighted by molar-refractivity contribution is -0.00177. The van der Waals surface area contributed by atoms with Gasteiger partial charge in [0.15, 0.2) is 0 Å². The van der Waals surface area contributed by atoms with E-state index in [4.69, 9.17) is 5.26 Å². The summed E-state index contributed by atoms with van der Waals surface area (Å²) in [6, 6.07) is 6.92. The van der Waals surface area contributed by atoms with Gasteiger partial charge in [-0.2, -0.15) is 5.26 Å². The number of nitriles is 1. The van der Waals surface area contributed by atoms with E-state index in [9.17, 15) is 22.7 Å². The molecule has 37 heavy (non-hydrogen) atoms. The first-order chi connectivity index (χ1) is 17.4. The third-order valence-corrected chi connectivity index (χ3v) is 7.49. The minimum atomic E-state index is -3.36. The van der Waals surface area contributed by atoms with Gasteiger partial charge in [-0.15, -0.1) is 0 Å². The van der Waals surface area contributed by atoms with E-state index in [-0.39, 0.29) is 18.2 Å². The van der Waals surface area contributed by atoms with Crippen molar-refractivity contribution >= 4 is 32.7 Å². The van der Waals surface area contributed by atoms with Crippen LogP contribution < -0.4 is 10.6 Å². The zero-order valence-corrected chi connectivity index (χ0v) is 21.5. The smallest absolute Gasteiger partial charge is 0.255 e. The lowest BCUT2D eigenvalue weighted by Gasteiger charge is -2.23. The number of rotatable bonds is 8. The van der Waals surface area contributed by atoms with Gasteiger partial charge in [0, 0.05) is 49.2 Å². The summed E-state index contributed by atoms with van der Waals surface area (Å²) >= 11 is 0. The van der Waals surface area contributed by atoms with Gasteiger partial charge < -0.3 is 15.7 Å². The Kier molecular flexibility index (Phi) is 7.18. The molecular formula is C24H28FN7O4S. The van der Waals surface area contributed by atoms with Gasteiger partial charge in [-0.3, -0.25) is 9.36 Å². The molecule has 0 saturated carbocycles. The number of pyridine rings is 2. The van der Waals surface area contributed by atoms with Gasteiger partial charge in [-0.1, -0.05) is 0 Å². The number of anilines is 1. The summed E-state index contributed by atoms with van der Waals surface area (Å²) in [5, 5.41) is 25.4. The van der Waals surface area contributed by atoms with Gasteiger partial charge in [-0.25, -0.2) is 27.1 Å². The summed E-state index contributed by atoms with van der Waals surface area (Å²) in [5.74, 6) is -0.162. The Hall–Kier alpha value is -3.60. The molecule has 11 nitrogen and oxygen atoms in total. The van der Waals surface area contributed by atoms with Gasteiger partial charge >= 0.3 is 0 Å². The van der Waals surface area contributed by atoms with Crippen LogP contribution in [0.5, 0.6) is 0 Å². The van der Waals surface area contributed by atoms with E-state index in [1.54, 1.807) is 29.0 Å². The molecule has 13 heteroatoms. The number of aromatic nitrogens is 3. The van der Waals surface area contributed by atoms with Crippen molar-refractivity contribution in [2.24, 2.45) is 0 Å². The van der Waals surface area contributed by atoms with Gasteiger partial charge in [0.2, 0.25) is 10.0 Å². The topological polar surface area (TPSA) is 153 Å². The van der Waals surface area contributed by atoms with Crippen LogP contribution in [0.4, 0.5) is 10.1 Å². The third kappa shape index (κ3) is 5.87. The second-order valence-corrected chi connectivity index (χ2v) is 11.6. The summed E-state index contributed by atoms with van der Waals surface area (Å²) in [7, 11) is -3.36. The lowest BCUT2D eigenvalue weighted by Crippen LogP contribution is -2.42. The molecule has 4 heterocycles. The zero-order chi connectivity index (χ0) is 27.0. The minimum Gasteiger partial charge on any atom is -0.387 e. The van der Waals surface area contributed by atoms with Crippen molar-refractivity contribution in [3.05, 3.63) is 47.9 Å². The van der Waals surface area contributed by atoms with Crippen LogP contribution in [0.3, 0.4) is 0 Å². The first-order valence-electron chi connectivity index (χ1n) is 11.6. The number of hydrogen-bond acceptors (Lipinski definition) is 8. The first-order valence-corrected chi connectivity index (χ1v) is 13.5. The molecule has 2 atom stereocenters. The van der Waals surface area contributed by atoms with Crippen molar-refractivity contribution in [2.75, 3.05) is 31.2 Å². The fourth-order valence-corrected chi connectivity index (χ4v) is 4.93. The number of alkyl halides is 1. The number of hydrogen-bond donors (Lipinski definition) is 3.